The summed E-state index contributed by atoms with van der Waals surface area (Å²) in [6.45, 7) is 0. The van der Waals surface area contributed by atoms with Gasteiger partial charge in [-0.05, 0) is 36.4 Å². The number of nitrogens with zero attached hydrogens (tertiary/aromatic N) is 2. The van der Waals surface area contributed by atoms with Crippen LogP contribution < -0.4 is 10.9 Å². The number of nitrogens with one attached hydrogen (secondary N) is 2. The number of para-hydroxylation sites is 1. The maximum atomic E-state index is 12.0. The number of rotatable bonds is 4. The molecule has 0 radical (unpaired) electrons. The van der Waals surface area contributed by atoms with Gasteiger partial charge in [-0.2, -0.15) is 5.26 Å². The van der Waals surface area contributed by atoms with Gasteiger partial charge < -0.3 is 10.3 Å². The van der Waals surface area contributed by atoms with Crippen LogP contribution in [0.4, 0.5) is 5.69 Å². The molecule has 1 heterocycles. The maximum absolute atomic E-state index is 12.0. The zero-order valence-electron chi connectivity index (χ0n) is 12.4. The quantitative estimate of drug-likeness (QED) is 0.563. The molecule has 0 atom stereocenters. The number of anilines is 1. The van der Waals surface area contributed by atoms with Crippen LogP contribution in [-0.2, 0) is 4.79 Å². The number of H-pyrrole nitrogens is 1. The third-order valence-electron chi connectivity index (χ3n) is 3.23. The Morgan fingerprint density at radius 3 is 2.71 bits per heavy atom. The van der Waals surface area contributed by atoms with Crippen LogP contribution in [0.3, 0.4) is 0 Å². The lowest BCUT2D eigenvalue weighted by molar-refractivity contribution is -0.113. The predicted molar refractivity (Wildman–Crippen MR) is 92.9 cm³/mol. The zero-order valence-corrected chi connectivity index (χ0v) is 13.3. The third kappa shape index (κ3) is 3.62. The lowest BCUT2D eigenvalue weighted by Gasteiger charge is -2.05. The van der Waals surface area contributed by atoms with Crippen molar-refractivity contribution >= 4 is 34.3 Å². The average molecular weight is 336 g/mol. The van der Waals surface area contributed by atoms with E-state index in [1.807, 2.05) is 6.07 Å². The summed E-state index contributed by atoms with van der Waals surface area (Å²) < 4.78 is 0. The summed E-state index contributed by atoms with van der Waals surface area (Å²) in [6.07, 6.45) is 0. The fraction of sp³-hybridized carbons (Fsp3) is 0.0588. The highest BCUT2D eigenvalue weighted by atomic mass is 32.2. The molecule has 7 heteroatoms. The molecule has 0 unspecified atom stereocenters. The third-order valence-corrected chi connectivity index (χ3v) is 4.10. The second-order valence-electron chi connectivity index (χ2n) is 4.91. The monoisotopic (exact) mass is 336 g/mol. The van der Waals surface area contributed by atoms with Gasteiger partial charge >= 0.3 is 0 Å². The lowest BCUT2D eigenvalue weighted by Crippen LogP contribution is -2.15. The van der Waals surface area contributed by atoms with Crippen molar-refractivity contribution in [3.8, 4) is 6.07 Å². The molecule has 2 aromatic carbocycles. The number of carbonyl (C=O) groups is 1. The Labute approximate surface area is 141 Å². The number of aromatic amines is 1. The molecule has 0 fully saturated rings. The van der Waals surface area contributed by atoms with Crippen molar-refractivity contribution in [2.75, 3.05) is 11.1 Å². The Bertz CT molecular complexity index is 990. The van der Waals surface area contributed by atoms with E-state index in [0.29, 0.717) is 27.3 Å². The normalized spacial score (nSPS) is 10.3. The van der Waals surface area contributed by atoms with E-state index in [-0.39, 0.29) is 17.2 Å². The number of carbonyl (C=O) groups excluding carboxylic acids is 1. The molecular formula is C17H12N4O2S. The van der Waals surface area contributed by atoms with Crippen LogP contribution in [0.25, 0.3) is 10.9 Å². The van der Waals surface area contributed by atoms with E-state index in [4.69, 9.17) is 5.26 Å². The Balaban J connectivity index is 1.65. The molecule has 0 bridgehead atoms. The smallest absolute Gasteiger partial charge is 0.259 e. The number of amides is 1. The summed E-state index contributed by atoms with van der Waals surface area (Å²) in [4.78, 5) is 30.9. The van der Waals surface area contributed by atoms with Crippen LogP contribution in [0.2, 0.25) is 0 Å². The van der Waals surface area contributed by atoms with Crippen molar-refractivity contribution in [2.24, 2.45) is 0 Å². The number of hydrogen-bond acceptors (Lipinski definition) is 5. The first kappa shape index (κ1) is 15.8. The summed E-state index contributed by atoms with van der Waals surface area (Å²) in [7, 11) is 0. The minimum Gasteiger partial charge on any atom is -0.325 e. The number of fused-ring (bicyclic) bond motifs is 1. The highest BCUT2D eigenvalue weighted by molar-refractivity contribution is 7.99. The number of aromatic nitrogens is 2. The largest absolute Gasteiger partial charge is 0.325 e. The molecular weight excluding hydrogens is 324 g/mol. The maximum Gasteiger partial charge on any atom is 0.259 e. The van der Waals surface area contributed by atoms with E-state index in [0.717, 1.165) is 11.8 Å². The lowest BCUT2D eigenvalue weighted by atomic mass is 10.2. The van der Waals surface area contributed by atoms with Gasteiger partial charge in [-0.1, -0.05) is 23.9 Å². The van der Waals surface area contributed by atoms with E-state index in [9.17, 15) is 9.59 Å². The summed E-state index contributed by atoms with van der Waals surface area (Å²) in [6, 6.07) is 15.6. The van der Waals surface area contributed by atoms with Crippen molar-refractivity contribution in [2.45, 2.75) is 5.16 Å². The zero-order chi connectivity index (χ0) is 16.9. The Hall–Kier alpha value is -3.11. The molecule has 3 aromatic rings. The van der Waals surface area contributed by atoms with Gasteiger partial charge in [-0.15, -0.1) is 0 Å². The van der Waals surface area contributed by atoms with Crippen molar-refractivity contribution in [1.29, 1.82) is 5.26 Å². The predicted octanol–water partition coefficient (Wildman–Crippen LogP) is 2.53. The Kier molecular flexibility index (Phi) is 4.59. The average Bonchev–Trinajstić information content (AvgIpc) is 2.61. The second-order valence-corrected chi connectivity index (χ2v) is 5.88. The molecule has 0 saturated heterocycles. The summed E-state index contributed by atoms with van der Waals surface area (Å²) in [5.41, 5.74) is 1.51. The molecule has 0 spiro atoms. The SMILES string of the molecule is N#Cc1ccc(NC(=O)CSc2nc3ccccc3c(=O)[nH]2)cc1. The van der Waals surface area contributed by atoms with Crippen molar-refractivity contribution in [1.82, 2.24) is 9.97 Å². The van der Waals surface area contributed by atoms with Crippen LogP contribution in [0.15, 0.2) is 58.5 Å². The van der Waals surface area contributed by atoms with Crippen molar-refractivity contribution in [3.63, 3.8) is 0 Å². The van der Waals surface area contributed by atoms with Gasteiger partial charge in [-0.3, -0.25) is 9.59 Å². The molecule has 1 amide bonds. The molecule has 1 aromatic heterocycles. The molecule has 118 valence electrons. The van der Waals surface area contributed by atoms with E-state index in [1.54, 1.807) is 48.5 Å². The number of hydrogen-bond donors (Lipinski definition) is 2. The Morgan fingerprint density at radius 2 is 1.96 bits per heavy atom. The first-order valence-electron chi connectivity index (χ1n) is 7.07. The highest BCUT2D eigenvalue weighted by Gasteiger charge is 2.07. The molecule has 0 saturated carbocycles. The number of benzene rings is 2. The molecule has 0 aliphatic rings. The van der Waals surface area contributed by atoms with Gasteiger partial charge in [0.25, 0.3) is 5.56 Å². The van der Waals surface area contributed by atoms with E-state index in [2.05, 4.69) is 15.3 Å². The molecule has 0 aliphatic heterocycles. The minimum absolute atomic E-state index is 0.112. The topological polar surface area (TPSA) is 98.6 Å². The summed E-state index contributed by atoms with van der Waals surface area (Å²) in [5, 5.41) is 12.4. The van der Waals surface area contributed by atoms with Crippen LogP contribution in [0.5, 0.6) is 0 Å². The van der Waals surface area contributed by atoms with Gasteiger partial charge in [0, 0.05) is 5.69 Å². The second kappa shape index (κ2) is 6.98. The van der Waals surface area contributed by atoms with Gasteiger partial charge in [0.1, 0.15) is 0 Å². The fourth-order valence-corrected chi connectivity index (χ4v) is 2.76. The van der Waals surface area contributed by atoms with Crippen LogP contribution >= 0.6 is 11.8 Å². The molecule has 6 nitrogen and oxygen atoms in total. The highest BCUT2D eigenvalue weighted by Crippen LogP contribution is 2.15. The fourth-order valence-electron chi connectivity index (χ4n) is 2.09. The van der Waals surface area contributed by atoms with E-state index >= 15 is 0 Å². The molecule has 2 N–H and O–H groups in total. The van der Waals surface area contributed by atoms with Crippen molar-refractivity contribution in [3.05, 3.63) is 64.4 Å². The molecule has 24 heavy (non-hydrogen) atoms. The first-order valence-corrected chi connectivity index (χ1v) is 8.06. The van der Waals surface area contributed by atoms with Crippen LogP contribution in [-0.4, -0.2) is 21.6 Å². The summed E-state index contributed by atoms with van der Waals surface area (Å²) >= 11 is 1.15. The molecule has 3 rings (SSSR count). The van der Waals surface area contributed by atoms with E-state index < -0.39 is 0 Å². The van der Waals surface area contributed by atoms with Gasteiger partial charge in [0.15, 0.2) is 5.16 Å². The number of nitriles is 1. The minimum atomic E-state index is -0.226. The van der Waals surface area contributed by atoms with Crippen LogP contribution in [0, 0.1) is 11.3 Å². The van der Waals surface area contributed by atoms with Gasteiger partial charge in [0.2, 0.25) is 5.91 Å². The van der Waals surface area contributed by atoms with Gasteiger partial charge in [0.05, 0.1) is 28.3 Å². The van der Waals surface area contributed by atoms with Crippen molar-refractivity contribution < 1.29 is 4.79 Å². The van der Waals surface area contributed by atoms with Crippen LogP contribution in [0.1, 0.15) is 5.56 Å². The number of thioether (sulfide) groups is 1. The van der Waals surface area contributed by atoms with E-state index in [1.165, 1.54) is 0 Å². The first-order chi connectivity index (χ1) is 11.7. The van der Waals surface area contributed by atoms with Gasteiger partial charge in [-0.25, -0.2) is 4.98 Å². The summed E-state index contributed by atoms with van der Waals surface area (Å²) in [5.74, 6) is -0.109. The molecule has 0 aliphatic carbocycles. The standard InChI is InChI=1S/C17H12N4O2S/c18-9-11-5-7-12(8-6-11)19-15(22)10-24-17-20-14-4-2-1-3-13(14)16(23)21-17/h1-8H,10H2,(H,19,22)(H,20,21,23). The Morgan fingerprint density at radius 1 is 1.21 bits per heavy atom.